The number of rotatable bonds is 4. The number of hydrogen-bond acceptors (Lipinski definition) is 3. The van der Waals surface area contributed by atoms with Crippen LogP contribution < -0.4 is 10.1 Å². The second-order valence-corrected chi connectivity index (χ2v) is 5.99. The van der Waals surface area contributed by atoms with Crippen LogP contribution in [-0.2, 0) is 4.74 Å². The predicted molar refractivity (Wildman–Crippen MR) is 79.9 cm³/mol. The molecule has 3 rings (SSSR count). The van der Waals surface area contributed by atoms with Crippen LogP contribution in [0.3, 0.4) is 0 Å². The van der Waals surface area contributed by atoms with E-state index in [2.05, 4.69) is 5.32 Å². The first-order chi connectivity index (χ1) is 11.0. The molecule has 126 valence electrons. The maximum absolute atomic E-state index is 12.4. The number of benzene rings is 1. The maximum Gasteiger partial charge on any atom is 0.450 e. The molecule has 1 heterocycles. The summed E-state index contributed by atoms with van der Waals surface area (Å²) in [6.07, 6.45) is 1.89. The predicted octanol–water partition coefficient (Wildman–Crippen LogP) is 4.46. The smallest absolute Gasteiger partial charge is 0.450 e. The van der Waals surface area contributed by atoms with Gasteiger partial charge < -0.3 is 14.8 Å². The van der Waals surface area contributed by atoms with E-state index < -0.39 is 18.2 Å². The molecule has 0 amide bonds. The number of nitrogens with one attached hydrogen (secondary N) is 1. The van der Waals surface area contributed by atoms with Crippen LogP contribution in [-0.4, -0.2) is 19.0 Å². The van der Waals surface area contributed by atoms with Gasteiger partial charge in [-0.2, -0.15) is 13.2 Å². The molecule has 1 aromatic carbocycles. The summed E-state index contributed by atoms with van der Waals surface area (Å²) in [7, 11) is 0. The van der Waals surface area contributed by atoms with Gasteiger partial charge in [-0.15, -0.1) is 0 Å². The largest absolute Gasteiger partial charge is 0.488 e. The lowest BCUT2D eigenvalue weighted by Crippen LogP contribution is -2.29. The first-order valence-corrected chi connectivity index (χ1v) is 7.95. The number of alkyl halides is 3. The fourth-order valence-corrected chi connectivity index (χ4v) is 3.06. The summed E-state index contributed by atoms with van der Waals surface area (Å²) in [6.45, 7) is 0.0128. The standard InChI is InChI=1S/C17H20F3NO2/c18-17(19,20)15-10-21-16(23-15)11-22-14-8-6-13(7-9-14)12-4-2-1-3-5-12/h6-10,12,16,21H,1-5,11H2. The summed E-state index contributed by atoms with van der Waals surface area (Å²) >= 11 is 0. The van der Waals surface area contributed by atoms with Gasteiger partial charge in [0.15, 0.2) is 0 Å². The number of ether oxygens (including phenoxy) is 2. The van der Waals surface area contributed by atoms with E-state index in [0.717, 1.165) is 6.20 Å². The van der Waals surface area contributed by atoms with E-state index in [-0.39, 0.29) is 6.61 Å². The first kappa shape index (κ1) is 16.0. The van der Waals surface area contributed by atoms with Crippen LogP contribution in [0.4, 0.5) is 13.2 Å². The minimum atomic E-state index is -4.47. The summed E-state index contributed by atoms with van der Waals surface area (Å²) in [5.74, 6) is 0.241. The van der Waals surface area contributed by atoms with Crippen molar-refractivity contribution in [3.05, 3.63) is 41.8 Å². The second kappa shape index (κ2) is 6.72. The summed E-state index contributed by atoms with van der Waals surface area (Å²) in [4.78, 5) is 0. The summed E-state index contributed by atoms with van der Waals surface area (Å²) in [5, 5.41) is 2.52. The molecular formula is C17H20F3NO2. The van der Waals surface area contributed by atoms with Crippen LogP contribution >= 0.6 is 0 Å². The number of halogens is 3. The fourth-order valence-electron chi connectivity index (χ4n) is 3.06. The summed E-state index contributed by atoms with van der Waals surface area (Å²) in [5.41, 5.74) is 1.31. The lowest BCUT2D eigenvalue weighted by molar-refractivity contribution is -0.136. The van der Waals surface area contributed by atoms with Crippen LogP contribution in [0.5, 0.6) is 5.75 Å². The molecule has 1 N–H and O–H groups in total. The van der Waals surface area contributed by atoms with Crippen LogP contribution in [0.15, 0.2) is 36.2 Å². The van der Waals surface area contributed by atoms with E-state index in [0.29, 0.717) is 11.7 Å². The Labute approximate surface area is 133 Å². The van der Waals surface area contributed by atoms with Crippen LogP contribution in [0.1, 0.15) is 43.6 Å². The van der Waals surface area contributed by atoms with Crippen LogP contribution in [0, 0.1) is 0 Å². The van der Waals surface area contributed by atoms with Crippen molar-refractivity contribution in [2.75, 3.05) is 6.61 Å². The molecule has 1 atom stereocenters. The third kappa shape index (κ3) is 4.12. The molecule has 0 aromatic heterocycles. The monoisotopic (exact) mass is 327 g/mol. The molecule has 0 radical (unpaired) electrons. The zero-order valence-corrected chi connectivity index (χ0v) is 12.7. The second-order valence-electron chi connectivity index (χ2n) is 5.99. The molecular weight excluding hydrogens is 307 g/mol. The van der Waals surface area contributed by atoms with E-state index >= 15 is 0 Å². The van der Waals surface area contributed by atoms with E-state index in [9.17, 15) is 13.2 Å². The average molecular weight is 327 g/mol. The lowest BCUT2D eigenvalue weighted by atomic mass is 9.84. The highest BCUT2D eigenvalue weighted by Crippen LogP contribution is 2.33. The third-order valence-corrected chi connectivity index (χ3v) is 4.31. The van der Waals surface area contributed by atoms with Gasteiger partial charge in [0.2, 0.25) is 12.0 Å². The highest BCUT2D eigenvalue weighted by molar-refractivity contribution is 5.29. The highest BCUT2D eigenvalue weighted by atomic mass is 19.4. The SMILES string of the molecule is FC(F)(F)C1=CNC(COc2ccc(C3CCCCC3)cc2)O1. The van der Waals surface area contributed by atoms with Crippen LogP contribution in [0.25, 0.3) is 0 Å². The summed E-state index contributed by atoms with van der Waals surface area (Å²) in [6, 6.07) is 7.84. The molecule has 6 heteroatoms. The molecule has 3 nitrogen and oxygen atoms in total. The van der Waals surface area contributed by atoms with Crippen molar-refractivity contribution in [1.29, 1.82) is 0 Å². The molecule has 1 aliphatic heterocycles. The lowest BCUT2D eigenvalue weighted by Gasteiger charge is -2.22. The molecule has 2 aliphatic rings. The fraction of sp³-hybridized carbons (Fsp3) is 0.529. The van der Waals surface area contributed by atoms with Gasteiger partial charge in [-0.05, 0) is 36.5 Å². The zero-order chi connectivity index (χ0) is 16.3. The minimum absolute atomic E-state index is 0.0128. The minimum Gasteiger partial charge on any atom is -0.488 e. The van der Waals surface area contributed by atoms with Crippen molar-refractivity contribution in [2.24, 2.45) is 0 Å². The Hall–Kier alpha value is -1.85. The molecule has 23 heavy (non-hydrogen) atoms. The zero-order valence-electron chi connectivity index (χ0n) is 12.7. The van der Waals surface area contributed by atoms with Gasteiger partial charge >= 0.3 is 6.18 Å². The quantitative estimate of drug-likeness (QED) is 0.885. The third-order valence-electron chi connectivity index (χ3n) is 4.31. The number of hydrogen-bond donors (Lipinski definition) is 1. The Morgan fingerprint density at radius 2 is 1.78 bits per heavy atom. The molecule has 0 bridgehead atoms. The van der Waals surface area contributed by atoms with E-state index in [4.69, 9.17) is 9.47 Å². The Bertz CT molecular complexity index is 548. The van der Waals surface area contributed by atoms with E-state index in [1.54, 1.807) is 0 Å². The van der Waals surface area contributed by atoms with E-state index in [1.165, 1.54) is 37.7 Å². The molecule has 1 aliphatic carbocycles. The Morgan fingerprint density at radius 3 is 2.39 bits per heavy atom. The topological polar surface area (TPSA) is 30.5 Å². The van der Waals surface area contributed by atoms with Crippen molar-refractivity contribution in [2.45, 2.75) is 50.4 Å². The van der Waals surface area contributed by atoms with E-state index in [1.807, 2.05) is 24.3 Å². The molecule has 1 saturated carbocycles. The van der Waals surface area contributed by atoms with Crippen molar-refractivity contribution in [3.8, 4) is 5.75 Å². The Morgan fingerprint density at radius 1 is 1.09 bits per heavy atom. The molecule has 1 aromatic rings. The van der Waals surface area contributed by atoms with Crippen molar-refractivity contribution in [1.82, 2.24) is 5.32 Å². The molecule has 0 saturated heterocycles. The molecule has 1 unspecified atom stereocenters. The van der Waals surface area contributed by atoms with Crippen LogP contribution in [0.2, 0.25) is 0 Å². The van der Waals surface area contributed by atoms with Gasteiger partial charge in [0, 0.05) is 6.20 Å². The van der Waals surface area contributed by atoms with Crippen molar-refractivity contribution >= 4 is 0 Å². The van der Waals surface area contributed by atoms with Gasteiger partial charge in [-0.3, -0.25) is 0 Å². The average Bonchev–Trinajstić information content (AvgIpc) is 3.04. The first-order valence-electron chi connectivity index (χ1n) is 7.95. The molecule has 1 fully saturated rings. The Balaban J connectivity index is 1.48. The van der Waals surface area contributed by atoms with Gasteiger partial charge in [-0.1, -0.05) is 31.4 Å². The number of allylic oxidation sites excluding steroid dienone is 1. The van der Waals surface area contributed by atoms with Crippen molar-refractivity contribution in [3.63, 3.8) is 0 Å². The van der Waals surface area contributed by atoms with Gasteiger partial charge in [-0.25, -0.2) is 0 Å². The normalized spacial score (nSPS) is 22.2. The van der Waals surface area contributed by atoms with Gasteiger partial charge in [0.05, 0.1) is 0 Å². The van der Waals surface area contributed by atoms with Crippen molar-refractivity contribution < 1.29 is 22.6 Å². The highest BCUT2D eigenvalue weighted by Gasteiger charge is 2.40. The van der Waals surface area contributed by atoms with Gasteiger partial charge in [0.1, 0.15) is 12.4 Å². The summed E-state index contributed by atoms with van der Waals surface area (Å²) < 4.78 is 47.6. The maximum atomic E-state index is 12.4. The Kier molecular flexibility index (Phi) is 4.68. The molecule has 0 spiro atoms. The van der Waals surface area contributed by atoms with Gasteiger partial charge in [0.25, 0.3) is 0 Å².